The molecule has 0 radical (unpaired) electrons. The van der Waals surface area contributed by atoms with E-state index < -0.39 is 0 Å². The quantitative estimate of drug-likeness (QED) is 0.669. The van der Waals surface area contributed by atoms with Crippen LogP contribution in [0.4, 0.5) is 5.82 Å². The number of pyridine rings is 1. The molecule has 0 unspecified atom stereocenters. The fourth-order valence-electron chi connectivity index (χ4n) is 2.47. The van der Waals surface area contributed by atoms with Crippen molar-refractivity contribution in [1.82, 2.24) is 15.2 Å². The number of phenols is 1. The van der Waals surface area contributed by atoms with Gasteiger partial charge in [-0.15, -0.1) is 10.2 Å². The topological polar surface area (TPSA) is 82.4 Å². The number of aliphatic hydroxyl groups is 1. The molecule has 0 aliphatic rings. The summed E-state index contributed by atoms with van der Waals surface area (Å²) in [6, 6.07) is 10.6. The molecule has 0 saturated heterocycles. The molecule has 0 spiro atoms. The standard InChI is InChI=1S/C18H16Cl2N4O2/c19-14-8-13(9-15(20)18(14)26)16-3-4-17(23-22-16)24(6-7-25)11-12-2-1-5-21-10-12/h1-5,8-10,25-26H,6-7,11H2. The van der Waals surface area contributed by atoms with Gasteiger partial charge in [-0.3, -0.25) is 4.98 Å². The molecule has 3 rings (SSSR count). The summed E-state index contributed by atoms with van der Waals surface area (Å²) in [5.41, 5.74) is 2.23. The van der Waals surface area contributed by atoms with Gasteiger partial charge in [0.2, 0.25) is 0 Å². The number of aromatic nitrogens is 3. The summed E-state index contributed by atoms with van der Waals surface area (Å²) in [7, 11) is 0. The van der Waals surface area contributed by atoms with E-state index in [-0.39, 0.29) is 22.4 Å². The van der Waals surface area contributed by atoms with Crippen LogP contribution in [-0.4, -0.2) is 38.5 Å². The number of benzene rings is 1. The minimum absolute atomic E-state index is 0.00707. The van der Waals surface area contributed by atoms with Gasteiger partial charge < -0.3 is 15.1 Å². The van der Waals surface area contributed by atoms with E-state index in [2.05, 4.69) is 15.2 Å². The summed E-state index contributed by atoms with van der Waals surface area (Å²) < 4.78 is 0. The van der Waals surface area contributed by atoms with Crippen LogP contribution in [0.5, 0.6) is 5.75 Å². The molecule has 8 heteroatoms. The lowest BCUT2D eigenvalue weighted by molar-refractivity contribution is 0.301. The monoisotopic (exact) mass is 390 g/mol. The molecule has 0 bridgehead atoms. The molecular formula is C18H16Cl2N4O2. The average Bonchev–Trinajstić information content (AvgIpc) is 2.66. The lowest BCUT2D eigenvalue weighted by atomic mass is 10.1. The van der Waals surface area contributed by atoms with Gasteiger partial charge >= 0.3 is 0 Å². The first-order chi connectivity index (χ1) is 12.6. The third-order valence-corrected chi connectivity index (χ3v) is 4.33. The maximum atomic E-state index is 9.66. The molecule has 0 fully saturated rings. The molecule has 0 amide bonds. The smallest absolute Gasteiger partial charge is 0.152 e. The Labute approximate surface area is 160 Å². The maximum Gasteiger partial charge on any atom is 0.152 e. The summed E-state index contributed by atoms with van der Waals surface area (Å²) >= 11 is 11.9. The number of nitrogens with zero attached hydrogens (tertiary/aromatic N) is 4. The fourth-order valence-corrected chi connectivity index (χ4v) is 2.96. The van der Waals surface area contributed by atoms with Crippen LogP contribution in [0.25, 0.3) is 11.3 Å². The van der Waals surface area contributed by atoms with E-state index >= 15 is 0 Å². The molecule has 2 heterocycles. The summed E-state index contributed by atoms with van der Waals surface area (Å²) in [6.07, 6.45) is 3.48. The van der Waals surface area contributed by atoms with Crippen LogP contribution >= 0.6 is 23.2 Å². The molecule has 26 heavy (non-hydrogen) atoms. The number of rotatable bonds is 6. The number of hydrogen-bond donors (Lipinski definition) is 2. The van der Waals surface area contributed by atoms with Crippen molar-refractivity contribution in [3.63, 3.8) is 0 Å². The molecule has 1 aromatic carbocycles. The molecule has 0 aliphatic heterocycles. The van der Waals surface area contributed by atoms with E-state index in [9.17, 15) is 10.2 Å². The molecule has 0 saturated carbocycles. The van der Waals surface area contributed by atoms with Crippen molar-refractivity contribution in [2.45, 2.75) is 6.54 Å². The Morgan fingerprint density at radius 2 is 1.81 bits per heavy atom. The van der Waals surface area contributed by atoms with Gasteiger partial charge in [0.1, 0.15) is 0 Å². The minimum Gasteiger partial charge on any atom is -0.505 e. The largest absolute Gasteiger partial charge is 0.505 e. The number of aromatic hydroxyl groups is 1. The predicted molar refractivity (Wildman–Crippen MR) is 102 cm³/mol. The Morgan fingerprint density at radius 1 is 1.04 bits per heavy atom. The van der Waals surface area contributed by atoms with Crippen molar-refractivity contribution in [2.24, 2.45) is 0 Å². The van der Waals surface area contributed by atoms with Gasteiger partial charge in [-0.05, 0) is 35.9 Å². The Morgan fingerprint density at radius 3 is 2.38 bits per heavy atom. The molecule has 2 aromatic heterocycles. The number of anilines is 1. The zero-order valence-electron chi connectivity index (χ0n) is 13.7. The van der Waals surface area contributed by atoms with Crippen LogP contribution in [0.1, 0.15) is 5.56 Å². The van der Waals surface area contributed by atoms with Gasteiger partial charge in [0.25, 0.3) is 0 Å². The van der Waals surface area contributed by atoms with Crippen molar-refractivity contribution >= 4 is 29.0 Å². The van der Waals surface area contributed by atoms with Crippen molar-refractivity contribution in [2.75, 3.05) is 18.1 Å². The molecule has 6 nitrogen and oxygen atoms in total. The lowest BCUT2D eigenvalue weighted by Crippen LogP contribution is -2.27. The van der Waals surface area contributed by atoms with Gasteiger partial charge in [0, 0.05) is 31.0 Å². The Kier molecular flexibility index (Phi) is 5.88. The van der Waals surface area contributed by atoms with Gasteiger partial charge in [-0.2, -0.15) is 0 Å². The number of phenolic OH excluding ortho intramolecular Hbond substituents is 1. The second-order valence-electron chi connectivity index (χ2n) is 5.57. The van der Waals surface area contributed by atoms with Crippen LogP contribution in [-0.2, 0) is 6.54 Å². The Hall–Kier alpha value is -2.41. The molecular weight excluding hydrogens is 375 g/mol. The van der Waals surface area contributed by atoms with Crippen molar-refractivity contribution in [1.29, 1.82) is 0 Å². The maximum absolute atomic E-state index is 9.66. The predicted octanol–water partition coefficient (Wildman–Crippen LogP) is 3.55. The van der Waals surface area contributed by atoms with E-state index in [1.165, 1.54) is 0 Å². The van der Waals surface area contributed by atoms with Crippen LogP contribution in [0.15, 0.2) is 48.8 Å². The number of halogens is 2. The first kappa shape index (κ1) is 18.4. The summed E-state index contributed by atoms with van der Waals surface area (Å²) in [6.45, 7) is 0.964. The highest BCUT2D eigenvalue weighted by atomic mass is 35.5. The lowest BCUT2D eigenvalue weighted by Gasteiger charge is -2.22. The first-order valence-corrected chi connectivity index (χ1v) is 8.61. The van der Waals surface area contributed by atoms with Crippen molar-refractivity contribution in [3.05, 3.63) is 64.4 Å². The van der Waals surface area contributed by atoms with E-state index in [1.54, 1.807) is 30.6 Å². The van der Waals surface area contributed by atoms with E-state index in [0.29, 0.717) is 30.2 Å². The third-order valence-electron chi connectivity index (χ3n) is 3.75. The molecule has 134 valence electrons. The van der Waals surface area contributed by atoms with Crippen LogP contribution in [0.3, 0.4) is 0 Å². The normalized spacial score (nSPS) is 10.7. The van der Waals surface area contributed by atoms with Crippen LogP contribution < -0.4 is 4.90 Å². The van der Waals surface area contributed by atoms with E-state index in [1.807, 2.05) is 23.1 Å². The Balaban J connectivity index is 1.85. The van der Waals surface area contributed by atoms with Crippen molar-refractivity contribution in [3.8, 4) is 17.0 Å². The summed E-state index contributed by atoms with van der Waals surface area (Å²) in [5, 5.41) is 27.8. The van der Waals surface area contributed by atoms with Crippen LogP contribution in [0.2, 0.25) is 10.0 Å². The second kappa shape index (κ2) is 8.31. The molecule has 3 aromatic rings. The third kappa shape index (κ3) is 4.22. The fraction of sp³-hybridized carbons (Fsp3) is 0.167. The number of hydrogen-bond acceptors (Lipinski definition) is 6. The highest BCUT2D eigenvalue weighted by Gasteiger charge is 2.12. The molecule has 0 atom stereocenters. The molecule has 2 N–H and O–H groups in total. The van der Waals surface area contributed by atoms with Gasteiger partial charge in [-0.25, -0.2) is 0 Å². The second-order valence-corrected chi connectivity index (χ2v) is 6.39. The van der Waals surface area contributed by atoms with Crippen molar-refractivity contribution < 1.29 is 10.2 Å². The van der Waals surface area contributed by atoms with Crippen LogP contribution in [0, 0.1) is 0 Å². The minimum atomic E-state index is -0.160. The van der Waals surface area contributed by atoms with Gasteiger partial charge in [-0.1, -0.05) is 29.3 Å². The Bertz CT molecular complexity index is 853. The average molecular weight is 391 g/mol. The van der Waals surface area contributed by atoms with Gasteiger partial charge in [0.15, 0.2) is 11.6 Å². The highest BCUT2D eigenvalue weighted by Crippen LogP contribution is 2.35. The summed E-state index contributed by atoms with van der Waals surface area (Å²) in [5.74, 6) is 0.467. The van der Waals surface area contributed by atoms with Gasteiger partial charge in [0.05, 0.1) is 22.3 Å². The summed E-state index contributed by atoms with van der Waals surface area (Å²) in [4.78, 5) is 6.01. The first-order valence-electron chi connectivity index (χ1n) is 7.85. The van der Waals surface area contributed by atoms with E-state index in [4.69, 9.17) is 23.2 Å². The highest BCUT2D eigenvalue weighted by molar-refractivity contribution is 6.37. The zero-order valence-corrected chi connectivity index (χ0v) is 15.2. The molecule has 0 aliphatic carbocycles. The number of aliphatic hydroxyl groups excluding tert-OH is 1. The SMILES string of the molecule is OCCN(Cc1cccnc1)c1ccc(-c2cc(Cl)c(O)c(Cl)c2)nn1. The zero-order chi connectivity index (χ0) is 18.5. The van der Waals surface area contributed by atoms with E-state index in [0.717, 1.165) is 5.56 Å².